The lowest BCUT2D eigenvalue weighted by Gasteiger charge is -2.45. The van der Waals surface area contributed by atoms with Gasteiger partial charge in [-0.05, 0) is 20.8 Å². The molecular formula is C21H25ClFN5O8S. The number of nitro groups is 1. The van der Waals surface area contributed by atoms with E-state index in [-0.39, 0.29) is 23.1 Å². The molecule has 0 aromatic carbocycles. The lowest BCUT2D eigenvalue weighted by molar-refractivity contribution is -0.384. The molecule has 1 saturated heterocycles. The summed E-state index contributed by atoms with van der Waals surface area (Å²) in [6.07, 6.45) is 1.94. The van der Waals surface area contributed by atoms with Gasteiger partial charge in [0.2, 0.25) is 0 Å². The number of amides is 1. The van der Waals surface area contributed by atoms with E-state index in [2.05, 4.69) is 9.97 Å². The third-order valence-corrected chi connectivity index (χ3v) is 6.69. The number of pyridine rings is 2. The number of ether oxygens (including phenoxy) is 2. The van der Waals surface area contributed by atoms with Crippen molar-refractivity contribution in [2.75, 3.05) is 37.1 Å². The highest BCUT2D eigenvalue weighted by atomic mass is 35.5. The molecule has 202 valence electrons. The fourth-order valence-electron chi connectivity index (χ4n) is 4.02. The van der Waals surface area contributed by atoms with Crippen LogP contribution in [0.15, 0.2) is 12.4 Å². The number of carbonyl (C=O) groups excluding carboxylic acids is 2. The first-order chi connectivity index (χ1) is 17.0. The highest BCUT2D eigenvalue weighted by molar-refractivity contribution is 7.90. The molecule has 1 aliphatic heterocycles. The second-order valence-electron chi connectivity index (χ2n) is 9.44. The fraction of sp³-hybridized carbons (Fsp3) is 0.524. The van der Waals surface area contributed by atoms with Crippen LogP contribution in [-0.4, -0.2) is 90.2 Å². The first-order valence-electron chi connectivity index (χ1n) is 10.8. The van der Waals surface area contributed by atoms with Crippen LogP contribution in [0.2, 0.25) is 5.15 Å². The van der Waals surface area contributed by atoms with E-state index >= 15 is 0 Å². The number of fused-ring (bicyclic) bond motifs is 1. The summed E-state index contributed by atoms with van der Waals surface area (Å²) >= 11 is 5.76. The standard InChI is InChI=1S/C21H25ClFN5O8S/c1-21(2,3)36-20(30)26-9-14(19(29)35-4)27(8-11(26)10-37(5,33)34)17-12-6-25-18(22)15(23)16(12)24-7-13(17)28(31)32/h6-7,11,14H,8-10H2,1-5H3/t11-,14+/m1/s1. The van der Waals surface area contributed by atoms with Crippen molar-refractivity contribution in [3.8, 4) is 0 Å². The number of rotatable bonds is 5. The number of nitrogens with zero attached hydrogens (tertiary/aromatic N) is 5. The number of hydrogen-bond donors (Lipinski definition) is 0. The van der Waals surface area contributed by atoms with Crippen molar-refractivity contribution in [1.82, 2.24) is 14.9 Å². The molecule has 0 aliphatic carbocycles. The number of piperazine rings is 1. The lowest BCUT2D eigenvalue weighted by Crippen LogP contribution is -2.64. The van der Waals surface area contributed by atoms with Gasteiger partial charge in [-0.2, -0.15) is 0 Å². The van der Waals surface area contributed by atoms with Gasteiger partial charge in [-0.1, -0.05) is 11.6 Å². The Hall–Kier alpha value is -3.33. The Balaban J connectivity index is 2.25. The smallest absolute Gasteiger partial charge is 0.410 e. The maximum Gasteiger partial charge on any atom is 0.410 e. The maximum absolute atomic E-state index is 14.7. The van der Waals surface area contributed by atoms with E-state index < -0.39 is 73.5 Å². The number of halogens is 2. The molecule has 0 unspecified atom stereocenters. The molecule has 1 aliphatic rings. The summed E-state index contributed by atoms with van der Waals surface area (Å²) in [6.45, 7) is 4.03. The van der Waals surface area contributed by atoms with Gasteiger partial charge in [0.25, 0.3) is 0 Å². The van der Waals surface area contributed by atoms with Crippen molar-refractivity contribution in [1.29, 1.82) is 0 Å². The lowest BCUT2D eigenvalue weighted by atomic mass is 10.0. The molecule has 2 aromatic rings. The van der Waals surface area contributed by atoms with Gasteiger partial charge in [0.15, 0.2) is 11.0 Å². The van der Waals surface area contributed by atoms with Crippen LogP contribution in [0.3, 0.4) is 0 Å². The average Bonchev–Trinajstić information content (AvgIpc) is 2.77. The minimum absolute atomic E-state index is 0.145. The highest BCUT2D eigenvalue weighted by Crippen LogP contribution is 2.39. The number of hydrogen-bond acceptors (Lipinski definition) is 11. The van der Waals surface area contributed by atoms with Crippen LogP contribution in [0.1, 0.15) is 20.8 Å². The zero-order valence-electron chi connectivity index (χ0n) is 20.6. The third-order valence-electron chi connectivity index (χ3n) is 5.44. The number of anilines is 1. The Bertz CT molecular complexity index is 1370. The summed E-state index contributed by atoms with van der Waals surface area (Å²) in [4.78, 5) is 46.9. The molecule has 3 heterocycles. The molecule has 16 heteroatoms. The van der Waals surface area contributed by atoms with Crippen molar-refractivity contribution < 1.29 is 36.8 Å². The molecule has 0 radical (unpaired) electrons. The van der Waals surface area contributed by atoms with Crippen molar-refractivity contribution in [2.45, 2.75) is 38.5 Å². The van der Waals surface area contributed by atoms with E-state index in [1.165, 1.54) is 4.90 Å². The summed E-state index contributed by atoms with van der Waals surface area (Å²) < 4.78 is 49.6. The van der Waals surface area contributed by atoms with Crippen LogP contribution in [0.5, 0.6) is 0 Å². The minimum Gasteiger partial charge on any atom is -0.467 e. The van der Waals surface area contributed by atoms with Gasteiger partial charge in [-0.15, -0.1) is 0 Å². The molecule has 0 N–H and O–H groups in total. The predicted octanol–water partition coefficient (Wildman–Crippen LogP) is 2.34. The van der Waals surface area contributed by atoms with Gasteiger partial charge in [0.1, 0.15) is 38.9 Å². The van der Waals surface area contributed by atoms with E-state index in [1.54, 1.807) is 20.8 Å². The minimum atomic E-state index is -3.69. The summed E-state index contributed by atoms with van der Waals surface area (Å²) in [5.74, 6) is -2.47. The molecule has 1 amide bonds. The SMILES string of the molecule is COC(=O)[C@@H]1CN(C(=O)OC(C)(C)C)[C@@H](CS(C)(=O)=O)CN1c1c([N+](=O)[O-])cnc2c(F)c(Cl)ncc12. The van der Waals surface area contributed by atoms with Crippen molar-refractivity contribution in [3.05, 3.63) is 33.5 Å². The number of carbonyl (C=O) groups is 2. The van der Waals surface area contributed by atoms with Gasteiger partial charge in [0.05, 0.1) is 35.8 Å². The Morgan fingerprint density at radius 2 is 1.92 bits per heavy atom. The molecule has 0 saturated carbocycles. The van der Waals surface area contributed by atoms with E-state index in [9.17, 15) is 32.5 Å². The monoisotopic (exact) mass is 561 g/mol. The largest absolute Gasteiger partial charge is 0.467 e. The van der Waals surface area contributed by atoms with Crippen LogP contribution in [0.4, 0.5) is 20.6 Å². The van der Waals surface area contributed by atoms with Gasteiger partial charge in [-0.25, -0.2) is 32.4 Å². The Kier molecular flexibility index (Phi) is 7.79. The molecule has 3 rings (SSSR count). The number of esters is 1. The van der Waals surface area contributed by atoms with Crippen molar-refractivity contribution >= 4 is 55.8 Å². The Morgan fingerprint density at radius 3 is 2.46 bits per heavy atom. The van der Waals surface area contributed by atoms with Crippen LogP contribution >= 0.6 is 11.6 Å². The summed E-state index contributed by atoms with van der Waals surface area (Å²) in [5, 5.41) is 11.3. The molecule has 13 nitrogen and oxygen atoms in total. The molecule has 0 bridgehead atoms. The van der Waals surface area contributed by atoms with Gasteiger partial charge >= 0.3 is 17.7 Å². The maximum atomic E-state index is 14.7. The Labute approximate surface area is 216 Å². The molecular weight excluding hydrogens is 537 g/mol. The van der Waals surface area contributed by atoms with Crippen LogP contribution in [-0.2, 0) is 24.1 Å². The van der Waals surface area contributed by atoms with Crippen LogP contribution < -0.4 is 4.90 Å². The molecule has 2 aromatic heterocycles. The predicted molar refractivity (Wildman–Crippen MR) is 131 cm³/mol. The third kappa shape index (κ3) is 6.15. The van der Waals surface area contributed by atoms with Crippen molar-refractivity contribution in [3.63, 3.8) is 0 Å². The second kappa shape index (κ2) is 10.2. The van der Waals surface area contributed by atoms with Gasteiger partial charge in [-0.3, -0.25) is 15.0 Å². The highest BCUT2D eigenvalue weighted by Gasteiger charge is 2.45. The summed E-state index contributed by atoms with van der Waals surface area (Å²) in [7, 11) is -2.61. The first-order valence-corrected chi connectivity index (χ1v) is 13.3. The van der Waals surface area contributed by atoms with E-state index in [0.717, 1.165) is 30.7 Å². The molecule has 0 spiro atoms. The van der Waals surface area contributed by atoms with E-state index in [4.69, 9.17) is 21.1 Å². The zero-order chi connectivity index (χ0) is 27.9. The van der Waals surface area contributed by atoms with Crippen LogP contribution in [0.25, 0.3) is 10.9 Å². The molecule has 37 heavy (non-hydrogen) atoms. The zero-order valence-corrected chi connectivity index (χ0v) is 22.2. The average molecular weight is 562 g/mol. The normalized spacial score (nSPS) is 18.6. The first kappa shape index (κ1) is 28.2. The van der Waals surface area contributed by atoms with E-state index in [1.807, 2.05) is 0 Å². The van der Waals surface area contributed by atoms with Crippen molar-refractivity contribution in [2.24, 2.45) is 0 Å². The van der Waals surface area contributed by atoms with E-state index in [0.29, 0.717) is 0 Å². The number of aromatic nitrogens is 2. The van der Waals surface area contributed by atoms with Gasteiger partial charge < -0.3 is 14.4 Å². The fourth-order valence-corrected chi connectivity index (χ4v) is 5.15. The molecule has 2 atom stereocenters. The second-order valence-corrected chi connectivity index (χ2v) is 12.0. The molecule has 1 fully saturated rings. The number of sulfone groups is 1. The summed E-state index contributed by atoms with van der Waals surface area (Å²) in [5.41, 5.74) is -2.14. The van der Waals surface area contributed by atoms with Crippen LogP contribution in [0, 0.1) is 15.9 Å². The van der Waals surface area contributed by atoms with Gasteiger partial charge in [0, 0.05) is 19.0 Å². The topological polar surface area (TPSA) is 162 Å². The quantitative estimate of drug-likeness (QED) is 0.228. The summed E-state index contributed by atoms with van der Waals surface area (Å²) in [6, 6.07) is -2.45. The number of methoxy groups -OCH3 is 1. The Morgan fingerprint density at radius 1 is 1.27 bits per heavy atom.